The molecule has 0 spiro atoms. The monoisotopic (exact) mass is 328 g/mol. The van der Waals surface area contributed by atoms with Gasteiger partial charge in [0.1, 0.15) is 0 Å². The fraction of sp³-hybridized carbons (Fsp3) is 0.200. The van der Waals surface area contributed by atoms with Crippen LogP contribution >= 0.6 is 0 Å². The zero-order valence-electron chi connectivity index (χ0n) is 7.16. The van der Waals surface area contributed by atoms with Crippen LogP contribution in [0.2, 0.25) is 0 Å². The van der Waals surface area contributed by atoms with Crippen molar-refractivity contribution in [2.45, 2.75) is 6.92 Å². The molecule has 1 heterocycles. The third-order valence-corrected chi connectivity index (χ3v) is 2.08. The van der Waals surface area contributed by atoms with Crippen molar-refractivity contribution in [2.24, 2.45) is 7.05 Å². The molecule has 0 amide bonds. The number of hydrogen-bond donors (Lipinski definition) is 0. The number of hydrogen-bond acceptors (Lipinski definition) is 0. The van der Waals surface area contributed by atoms with Gasteiger partial charge in [-0.25, -0.2) is 0 Å². The van der Waals surface area contributed by atoms with Gasteiger partial charge in [-0.1, -0.05) is 23.3 Å². The summed E-state index contributed by atoms with van der Waals surface area (Å²) in [5.41, 5.74) is 2.44. The van der Waals surface area contributed by atoms with Crippen LogP contribution in [0.1, 0.15) is 5.69 Å². The van der Waals surface area contributed by atoms with Gasteiger partial charge in [0.25, 0.3) is 0 Å². The van der Waals surface area contributed by atoms with Crippen molar-refractivity contribution in [1.29, 1.82) is 0 Å². The van der Waals surface area contributed by atoms with E-state index in [1.54, 1.807) is 0 Å². The number of rotatable bonds is 0. The number of benzene rings is 1. The molecular weight excluding hydrogens is 318 g/mol. The van der Waals surface area contributed by atoms with E-state index in [1.807, 2.05) is 6.07 Å². The van der Waals surface area contributed by atoms with Crippen LogP contribution in [0, 0.1) is 13.0 Å². The molecule has 0 atom stereocenters. The van der Waals surface area contributed by atoms with Gasteiger partial charge in [-0.15, -0.1) is 6.07 Å². The smallest absolute Gasteiger partial charge is 0.411 e. The minimum absolute atomic E-state index is 0. The molecule has 0 aliphatic rings. The predicted octanol–water partition coefficient (Wildman–Crippen LogP) is 2.28. The first-order valence-corrected chi connectivity index (χ1v) is 3.72. The van der Waals surface area contributed by atoms with E-state index in [2.05, 4.69) is 42.8 Å². The maximum Gasteiger partial charge on any atom is 2.00 e. The second-order valence-corrected chi connectivity index (χ2v) is 2.79. The average molecular weight is 328 g/mol. The minimum atomic E-state index is 0. The summed E-state index contributed by atoms with van der Waals surface area (Å²) in [7, 11) is 2.06. The molecule has 0 saturated carbocycles. The predicted molar refractivity (Wildman–Crippen MR) is 46.5 cm³/mol. The van der Waals surface area contributed by atoms with Gasteiger partial charge in [-0.2, -0.15) is 17.5 Å². The van der Waals surface area contributed by atoms with Crippen LogP contribution in [0.15, 0.2) is 24.3 Å². The van der Waals surface area contributed by atoms with E-state index in [-0.39, 0.29) is 21.1 Å². The SMILES string of the molecule is Cc1[c-]c2ccccc2n1C.[W+2]. The van der Waals surface area contributed by atoms with Crippen LogP contribution in [-0.4, -0.2) is 4.57 Å². The Kier molecular flexibility index (Phi) is 2.74. The van der Waals surface area contributed by atoms with Crippen molar-refractivity contribution in [3.63, 3.8) is 0 Å². The molecule has 2 aromatic rings. The van der Waals surface area contributed by atoms with Crippen molar-refractivity contribution < 1.29 is 21.1 Å². The number of fused-ring (bicyclic) bond motifs is 1. The van der Waals surface area contributed by atoms with E-state index in [0.29, 0.717) is 0 Å². The molecule has 0 aliphatic carbocycles. The number of nitrogens with zero attached hydrogens (tertiary/aromatic N) is 1. The maximum absolute atomic E-state index is 3.29. The van der Waals surface area contributed by atoms with Crippen LogP contribution in [-0.2, 0) is 28.1 Å². The Hall–Kier alpha value is -0.552. The summed E-state index contributed by atoms with van der Waals surface area (Å²) in [5.74, 6) is 0. The zero-order valence-corrected chi connectivity index (χ0v) is 10.1. The Bertz CT molecular complexity index is 390. The molecule has 0 radical (unpaired) electrons. The van der Waals surface area contributed by atoms with Gasteiger partial charge in [-0.3, -0.25) is 0 Å². The van der Waals surface area contributed by atoms with Crippen LogP contribution < -0.4 is 0 Å². The summed E-state index contributed by atoms with van der Waals surface area (Å²) in [6, 6.07) is 11.6. The van der Waals surface area contributed by atoms with Gasteiger partial charge in [0.2, 0.25) is 0 Å². The standard InChI is InChI=1S/C10H10N.W/c1-8-7-9-5-3-4-6-10(9)11(8)2;/h3-6H,1-2H3;/q-1;+2. The zero-order chi connectivity index (χ0) is 7.84. The van der Waals surface area contributed by atoms with Crippen molar-refractivity contribution in [3.05, 3.63) is 36.0 Å². The Morgan fingerprint density at radius 3 is 2.58 bits per heavy atom. The molecule has 0 aliphatic heterocycles. The molecule has 0 N–H and O–H groups in total. The van der Waals surface area contributed by atoms with Crippen LogP contribution in [0.25, 0.3) is 10.9 Å². The molecule has 60 valence electrons. The molecule has 0 saturated heterocycles. The molecule has 1 aromatic heterocycles. The molecular formula is C10H10NW+. The number of para-hydroxylation sites is 1. The van der Waals surface area contributed by atoms with E-state index in [9.17, 15) is 0 Å². The summed E-state index contributed by atoms with van der Waals surface area (Å²) < 4.78 is 2.15. The Labute approximate surface area is 86.7 Å². The Morgan fingerprint density at radius 1 is 1.25 bits per heavy atom. The maximum atomic E-state index is 3.29. The normalized spacial score (nSPS) is 9.83. The summed E-state index contributed by atoms with van der Waals surface area (Å²) in [6.45, 7) is 2.07. The quantitative estimate of drug-likeness (QED) is 0.654. The molecule has 1 aromatic carbocycles. The summed E-state index contributed by atoms with van der Waals surface area (Å²) in [5, 5.41) is 1.20. The number of aromatic nitrogens is 1. The van der Waals surface area contributed by atoms with Gasteiger partial charge in [0.15, 0.2) is 0 Å². The molecule has 2 heteroatoms. The second-order valence-electron chi connectivity index (χ2n) is 2.79. The molecule has 0 bridgehead atoms. The largest absolute Gasteiger partial charge is 2.00 e. The van der Waals surface area contributed by atoms with Crippen LogP contribution in [0.5, 0.6) is 0 Å². The molecule has 1 nitrogen and oxygen atoms in total. The van der Waals surface area contributed by atoms with Gasteiger partial charge in [0.05, 0.1) is 0 Å². The number of aryl methyl sites for hydroxylation is 2. The van der Waals surface area contributed by atoms with E-state index < -0.39 is 0 Å². The van der Waals surface area contributed by atoms with Crippen LogP contribution in [0.4, 0.5) is 0 Å². The van der Waals surface area contributed by atoms with Crippen molar-refractivity contribution in [2.75, 3.05) is 0 Å². The van der Waals surface area contributed by atoms with Crippen molar-refractivity contribution in [3.8, 4) is 0 Å². The fourth-order valence-electron chi connectivity index (χ4n) is 1.33. The summed E-state index contributed by atoms with van der Waals surface area (Å²) in [6.07, 6.45) is 0. The molecule has 0 fully saturated rings. The molecule has 0 unspecified atom stereocenters. The summed E-state index contributed by atoms with van der Waals surface area (Å²) in [4.78, 5) is 0. The fourth-order valence-corrected chi connectivity index (χ4v) is 1.33. The van der Waals surface area contributed by atoms with E-state index >= 15 is 0 Å². The van der Waals surface area contributed by atoms with Gasteiger partial charge in [-0.05, 0) is 14.0 Å². The first-order chi connectivity index (χ1) is 5.29. The van der Waals surface area contributed by atoms with E-state index in [1.165, 1.54) is 16.6 Å². The topological polar surface area (TPSA) is 4.93 Å². The molecule has 2 rings (SSSR count). The van der Waals surface area contributed by atoms with Crippen LogP contribution in [0.3, 0.4) is 0 Å². The van der Waals surface area contributed by atoms with E-state index in [4.69, 9.17) is 0 Å². The van der Waals surface area contributed by atoms with Gasteiger partial charge >= 0.3 is 21.1 Å². The van der Waals surface area contributed by atoms with Gasteiger partial charge in [0, 0.05) is 0 Å². The van der Waals surface area contributed by atoms with E-state index in [0.717, 1.165) is 0 Å². The van der Waals surface area contributed by atoms with Gasteiger partial charge < -0.3 is 4.57 Å². The summed E-state index contributed by atoms with van der Waals surface area (Å²) >= 11 is 0. The molecule has 12 heavy (non-hydrogen) atoms. The van der Waals surface area contributed by atoms with Crippen molar-refractivity contribution in [1.82, 2.24) is 4.57 Å². The minimum Gasteiger partial charge on any atom is -0.411 e. The van der Waals surface area contributed by atoms with Crippen molar-refractivity contribution >= 4 is 10.9 Å². The Balaban J connectivity index is 0.000000720. The first-order valence-electron chi connectivity index (χ1n) is 3.72. The third kappa shape index (κ3) is 1.34. The average Bonchev–Trinajstić information content (AvgIpc) is 2.30. The second kappa shape index (κ2) is 3.45. The first kappa shape index (κ1) is 9.54. The third-order valence-electron chi connectivity index (χ3n) is 2.08. The Morgan fingerprint density at radius 2 is 1.92 bits per heavy atom.